The molecule has 150 valence electrons. The van der Waals surface area contributed by atoms with E-state index in [9.17, 15) is 13.2 Å². The van der Waals surface area contributed by atoms with Gasteiger partial charge in [-0.15, -0.1) is 0 Å². The number of rotatable bonds is 5. The summed E-state index contributed by atoms with van der Waals surface area (Å²) in [7, 11) is -3.87. The number of halogens is 1. The summed E-state index contributed by atoms with van der Waals surface area (Å²) in [6, 6.07) is 12.4. The molecule has 1 aromatic heterocycles. The van der Waals surface area contributed by atoms with Crippen LogP contribution in [0, 0.1) is 20.8 Å². The lowest BCUT2D eigenvalue weighted by atomic mass is 10.1. The molecule has 6 nitrogen and oxygen atoms in total. The van der Waals surface area contributed by atoms with E-state index in [2.05, 4.69) is 9.97 Å². The van der Waals surface area contributed by atoms with Gasteiger partial charge in [0, 0.05) is 0 Å². The molecule has 0 aliphatic carbocycles. The van der Waals surface area contributed by atoms with Crippen LogP contribution in [0.15, 0.2) is 53.8 Å². The van der Waals surface area contributed by atoms with Gasteiger partial charge >= 0.3 is 5.97 Å². The zero-order valence-corrected chi connectivity index (χ0v) is 17.7. The number of benzene rings is 2. The largest absolute Gasteiger partial charge is 0.422 e. The Hall–Kier alpha value is -2.77. The Morgan fingerprint density at radius 3 is 2.24 bits per heavy atom. The number of nitrogens with zero attached hydrogens (tertiary/aromatic N) is 2. The zero-order valence-electron chi connectivity index (χ0n) is 16.1. The van der Waals surface area contributed by atoms with Crippen LogP contribution in [0.1, 0.15) is 32.7 Å². The highest BCUT2D eigenvalue weighted by molar-refractivity contribution is 7.90. The van der Waals surface area contributed by atoms with Crippen LogP contribution in [0.3, 0.4) is 0 Å². The van der Waals surface area contributed by atoms with Gasteiger partial charge in [-0.25, -0.2) is 23.2 Å². The first kappa shape index (κ1) is 21.0. The summed E-state index contributed by atoms with van der Waals surface area (Å²) < 4.78 is 30.7. The van der Waals surface area contributed by atoms with E-state index in [4.69, 9.17) is 16.3 Å². The highest BCUT2D eigenvalue weighted by atomic mass is 35.5. The first-order valence-electron chi connectivity index (χ1n) is 8.75. The van der Waals surface area contributed by atoms with Gasteiger partial charge in [0.1, 0.15) is 5.75 Å². The molecule has 3 aromatic rings. The molecule has 0 unspecified atom stereocenters. The fraction of sp³-hybridized carbons (Fsp3) is 0.190. The van der Waals surface area contributed by atoms with E-state index in [-0.39, 0.29) is 16.5 Å². The molecule has 29 heavy (non-hydrogen) atoms. The fourth-order valence-corrected chi connectivity index (χ4v) is 4.13. The number of hydrogen-bond donors (Lipinski definition) is 0. The molecule has 0 radical (unpaired) electrons. The lowest BCUT2D eigenvalue weighted by Crippen LogP contribution is -2.16. The zero-order chi connectivity index (χ0) is 21.2. The van der Waals surface area contributed by atoms with Crippen molar-refractivity contribution in [3.05, 3.63) is 81.6 Å². The molecule has 8 heteroatoms. The Morgan fingerprint density at radius 1 is 1.00 bits per heavy atom. The first-order chi connectivity index (χ1) is 13.6. The maximum absolute atomic E-state index is 12.7. The normalized spacial score (nSPS) is 11.3. The molecule has 0 saturated heterocycles. The van der Waals surface area contributed by atoms with Crippen LogP contribution < -0.4 is 4.74 Å². The smallest absolute Gasteiger partial charge is 0.364 e. The molecule has 0 amide bonds. The predicted octanol–water partition coefficient (Wildman–Crippen LogP) is 4.25. The predicted molar refractivity (Wildman–Crippen MR) is 110 cm³/mol. The van der Waals surface area contributed by atoms with E-state index in [1.807, 2.05) is 39.0 Å². The minimum Gasteiger partial charge on any atom is -0.422 e. The molecule has 0 saturated carbocycles. The maximum Gasteiger partial charge on any atom is 0.364 e. The monoisotopic (exact) mass is 430 g/mol. The number of carbonyl (C=O) groups is 1. The summed E-state index contributed by atoms with van der Waals surface area (Å²) in [5, 5.41) is -0.566. The minimum atomic E-state index is -3.87. The molecule has 1 heterocycles. The number of esters is 1. The quantitative estimate of drug-likeness (QED) is 0.341. The van der Waals surface area contributed by atoms with Crippen LogP contribution >= 0.6 is 11.6 Å². The van der Waals surface area contributed by atoms with Gasteiger partial charge in [-0.3, -0.25) is 0 Å². The van der Waals surface area contributed by atoms with E-state index >= 15 is 0 Å². The molecule has 0 bridgehead atoms. The van der Waals surface area contributed by atoms with Crippen molar-refractivity contribution in [2.75, 3.05) is 0 Å². The Balaban J connectivity index is 1.88. The summed E-state index contributed by atoms with van der Waals surface area (Å²) in [4.78, 5) is 20.2. The number of sulfone groups is 1. The lowest BCUT2D eigenvalue weighted by Gasteiger charge is -2.09. The Kier molecular flexibility index (Phi) is 6.00. The molecular weight excluding hydrogens is 412 g/mol. The summed E-state index contributed by atoms with van der Waals surface area (Å²) in [5.74, 6) is -0.819. The van der Waals surface area contributed by atoms with Crippen molar-refractivity contribution in [2.45, 2.75) is 31.7 Å². The number of aromatic nitrogens is 2. The topological polar surface area (TPSA) is 86.2 Å². The Bertz CT molecular complexity index is 1160. The molecule has 0 aliphatic rings. The highest BCUT2D eigenvalue weighted by Gasteiger charge is 2.24. The Morgan fingerprint density at radius 2 is 1.62 bits per heavy atom. The van der Waals surface area contributed by atoms with Crippen LogP contribution in [-0.4, -0.2) is 24.4 Å². The van der Waals surface area contributed by atoms with Gasteiger partial charge in [-0.1, -0.05) is 47.5 Å². The third kappa shape index (κ3) is 5.19. The van der Waals surface area contributed by atoms with Crippen LogP contribution in [0.25, 0.3) is 0 Å². The average Bonchev–Trinajstić information content (AvgIpc) is 2.62. The van der Waals surface area contributed by atoms with E-state index in [1.54, 1.807) is 24.3 Å². The van der Waals surface area contributed by atoms with E-state index in [0.29, 0.717) is 11.3 Å². The van der Waals surface area contributed by atoms with Crippen molar-refractivity contribution in [1.29, 1.82) is 0 Å². The van der Waals surface area contributed by atoms with Gasteiger partial charge in [0.25, 0.3) is 0 Å². The molecule has 0 aliphatic heterocycles. The van der Waals surface area contributed by atoms with Crippen molar-refractivity contribution in [2.24, 2.45) is 0 Å². The molecule has 0 N–H and O–H groups in total. The molecule has 2 aromatic carbocycles. The number of ether oxygens (including phenoxy) is 1. The standard InChI is InChI=1S/C21H19ClN2O4S/c1-13-4-6-16(7-5-13)12-29(26,27)21-23-11-18(22)19(24-21)20(25)28-17-9-14(2)8-15(3)10-17/h4-11H,12H2,1-3H3. The van der Waals surface area contributed by atoms with Crippen molar-refractivity contribution in [1.82, 2.24) is 9.97 Å². The number of carbonyl (C=O) groups excluding carboxylic acids is 1. The summed E-state index contributed by atoms with van der Waals surface area (Å²) in [6.45, 7) is 5.66. The molecule has 0 atom stereocenters. The van der Waals surface area contributed by atoms with E-state index < -0.39 is 21.0 Å². The number of hydrogen-bond acceptors (Lipinski definition) is 6. The number of aryl methyl sites for hydroxylation is 3. The van der Waals surface area contributed by atoms with Gasteiger partial charge in [0.15, 0.2) is 5.69 Å². The van der Waals surface area contributed by atoms with Crippen LogP contribution in [0.2, 0.25) is 5.02 Å². The molecule has 0 fully saturated rings. The molecule has 0 spiro atoms. The summed E-state index contributed by atoms with van der Waals surface area (Å²) >= 11 is 6.03. The summed E-state index contributed by atoms with van der Waals surface area (Å²) in [6.07, 6.45) is 1.09. The van der Waals surface area contributed by atoms with Gasteiger partial charge < -0.3 is 4.74 Å². The third-order valence-electron chi connectivity index (χ3n) is 4.08. The van der Waals surface area contributed by atoms with Gasteiger partial charge in [0.2, 0.25) is 15.0 Å². The first-order valence-corrected chi connectivity index (χ1v) is 10.8. The molecular formula is C21H19ClN2O4S. The second-order valence-electron chi connectivity index (χ2n) is 6.81. The van der Waals surface area contributed by atoms with Gasteiger partial charge in [-0.05, 0) is 49.6 Å². The van der Waals surface area contributed by atoms with Crippen molar-refractivity contribution in [3.63, 3.8) is 0 Å². The van der Waals surface area contributed by atoms with Gasteiger partial charge in [-0.2, -0.15) is 0 Å². The SMILES string of the molecule is Cc1ccc(CS(=O)(=O)c2ncc(Cl)c(C(=O)Oc3cc(C)cc(C)c3)n2)cc1. The van der Waals surface area contributed by atoms with Crippen LogP contribution in [-0.2, 0) is 15.6 Å². The fourth-order valence-electron chi connectivity index (χ4n) is 2.76. The lowest BCUT2D eigenvalue weighted by molar-refractivity contribution is 0.0727. The molecule has 3 rings (SSSR count). The van der Waals surface area contributed by atoms with Crippen LogP contribution in [0.4, 0.5) is 0 Å². The van der Waals surface area contributed by atoms with Gasteiger partial charge in [0.05, 0.1) is 17.0 Å². The average molecular weight is 431 g/mol. The minimum absolute atomic E-state index is 0.0892. The highest BCUT2D eigenvalue weighted by Crippen LogP contribution is 2.21. The van der Waals surface area contributed by atoms with Crippen molar-refractivity contribution in [3.8, 4) is 5.75 Å². The maximum atomic E-state index is 12.7. The second kappa shape index (κ2) is 8.31. The summed E-state index contributed by atoms with van der Waals surface area (Å²) in [5.41, 5.74) is 3.15. The third-order valence-corrected chi connectivity index (χ3v) is 5.82. The van der Waals surface area contributed by atoms with Crippen molar-refractivity contribution >= 4 is 27.4 Å². The second-order valence-corrected chi connectivity index (χ2v) is 9.10. The van der Waals surface area contributed by atoms with E-state index in [0.717, 1.165) is 22.9 Å². The van der Waals surface area contributed by atoms with Crippen molar-refractivity contribution < 1.29 is 17.9 Å². The van der Waals surface area contributed by atoms with E-state index in [1.165, 1.54) is 0 Å². The Labute approximate surface area is 174 Å². The van der Waals surface area contributed by atoms with Crippen LogP contribution in [0.5, 0.6) is 5.75 Å².